The zero-order chi connectivity index (χ0) is 14.8. The van der Waals surface area contributed by atoms with Crippen LogP contribution in [0.15, 0.2) is 36.4 Å². The van der Waals surface area contributed by atoms with Crippen LogP contribution in [0.5, 0.6) is 0 Å². The number of nitrogens with one attached hydrogen (secondary N) is 1. The maximum atomic E-state index is 3.56. The van der Waals surface area contributed by atoms with E-state index in [0.717, 1.165) is 0 Å². The van der Waals surface area contributed by atoms with E-state index in [2.05, 4.69) is 62.5 Å². The minimum Gasteiger partial charge on any atom is -0.356 e. The molecule has 0 heterocycles. The summed E-state index contributed by atoms with van der Waals surface area (Å²) in [6.45, 7) is 6.70. The number of fused-ring (bicyclic) bond motifs is 1. The number of benzene rings is 2. The lowest BCUT2D eigenvalue weighted by Gasteiger charge is -2.18. The fourth-order valence-electron chi connectivity index (χ4n) is 3.38. The van der Waals surface area contributed by atoms with Crippen LogP contribution in [0.25, 0.3) is 0 Å². The summed E-state index contributed by atoms with van der Waals surface area (Å²) in [5.74, 6) is 0.586. The molecule has 21 heavy (non-hydrogen) atoms. The highest BCUT2D eigenvalue weighted by molar-refractivity contribution is 5.62. The molecule has 0 aromatic heterocycles. The fraction of sp³-hybridized carbons (Fsp3) is 0.400. The second-order valence-corrected chi connectivity index (χ2v) is 6.54. The van der Waals surface area contributed by atoms with Gasteiger partial charge in [0.15, 0.2) is 0 Å². The van der Waals surface area contributed by atoms with Crippen LogP contribution < -0.4 is 5.32 Å². The summed E-state index contributed by atoms with van der Waals surface area (Å²) in [5.41, 5.74) is 8.28. The van der Waals surface area contributed by atoms with Crippen molar-refractivity contribution < 1.29 is 0 Å². The average Bonchev–Trinajstić information content (AvgIpc) is 2.47. The van der Waals surface area contributed by atoms with Crippen LogP contribution in [0, 0.1) is 6.92 Å². The van der Waals surface area contributed by atoms with Gasteiger partial charge in [-0.15, -0.1) is 0 Å². The van der Waals surface area contributed by atoms with Gasteiger partial charge >= 0.3 is 0 Å². The van der Waals surface area contributed by atoms with E-state index in [1.807, 2.05) is 0 Å². The van der Waals surface area contributed by atoms with Crippen molar-refractivity contribution in [3.8, 4) is 0 Å². The molecule has 0 saturated carbocycles. The third kappa shape index (κ3) is 3.12. The minimum absolute atomic E-state index is 0.586. The SMILES string of the molecule is Cc1cc(Nc2ccc3c(c2)CCCC3)ccc1C(C)C. The summed E-state index contributed by atoms with van der Waals surface area (Å²) >= 11 is 0. The van der Waals surface area contributed by atoms with Crippen molar-refractivity contribution in [2.75, 3.05) is 5.32 Å². The molecule has 1 nitrogen and oxygen atoms in total. The molecule has 0 unspecified atom stereocenters. The van der Waals surface area contributed by atoms with Crippen molar-refractivity contribution in [2.24, 2.45) is 0 Å². The Hall–Kier alpha value is -1.76. The highest BCUT2D eigenvalue weighted by Crippen LogP contribution is 2.28. The summed E-state index contributed by atoms with van der Waals surface area (Å²) in [4.78, 5) is 0. The molecule has 1 heteroatoms. The lowest BCUT2D eigenvalue weighted by molar-refractivity contribution is 0.686. The zero-order valence-corrected chi connectivity index (χ0v) is 13.4. The van der Waals surface area contributed by atoms with Crippen molar-refractivity contribution in [3.05, 3.63) is 58.7 Å². The summed E-state index contributed by atoms with van der Waals surface area (Å²) in [6, 6.07) is 13.6. The van der Waals surface area contributed by atoms with Crippen LogP contribution in [-0.4, -0.2) is 0 Å². The monoisotopic (exact) mass is 279 g/mol. The number of hydrogen-bond donors (Lipinski definition) is 1. The van der Waals surface area contributed by atoms with E-state index in [1.165, 1.54) is 59.3 Å². The smallest absolute Gasteiger partial charge is 0.0387 e. The highest BCUT2D eigenvalue weighted by atomic mass is 14.9. The van der Waals surface area contributed by atoms with E-state index in [0.29, 0.717) is 5.92 Å². The van der Waals surface area contributed by atoms with Crippen molar-refractivity contribution in [1.82, 2.24) is 0 Å². The summed E-state index contributed by atoms with van der Waals surface area (Å²) in [7, 11) is 0. The van der Waals surface area contributed by atoms with E-state index in [4.69, 9.17) is 0 Å². The number of anilines is 2. The van der Waals surface area contributed by atoms with Gasteiger partial charge < -0.3 is 5.32 Å². The van der Waals surface area contributed by atoms with Crippen molar-refractivity contribution in [2.45, 2.75) is 52.4 Å². The third-order valence-corrected chi connectivity index (χ3v) is 4.53. The normalized spacial score (nSPS) is 14.1. The molecule has 0 spiro atoms. The number of aryl methyl sites for hydroxylation is 3. The Balaban J connectivity index is 1.82. The Morgan fingerprint density at radius 2 is 1.52 bits per heavy atom. The van der Waals surface area contributed by atoms with Gasteiger partial charge in [-0.1, -0.05) is 26.0 Å². The Labute approximate surface area is 128 Å². The van der Waals surface area contributed by atoms with Crippen LogP contribution in [-0.2, 0) is 12.8 Å². The van der Waals surface area contributed by atoms with E-state index in [-0.39, 0.29) is 0 Å². The van der Waals surface area contributed by atoms with Gasteiger partial charge in [-0.05, 0) is 85.0 Å². The van der Waals surface area contributed by atoms with Gasteiger partial charge in [0.2, 0.25) is 0 Å². The molecule has 110 valence electrons. The first kappa shape index (κ1) is 14.2. The number of hydrogen-bond acceptors (Lipinski definition) is 1. The second kappa shape index (κ2) is 5.93. The lowest BCUT2D eigenvalue weighted by atomic mass is 9.91. The Morgan fingerprint density at radius 3 is 2.24 bits per heavy atom. The summed E-state index contributed by atoms with van der Waals surface area (Å²) in [6.07, 6.45) is 5.16. The first-order chi connectivity index (χ1) is 10.1. The molecule has 0 radical (unpaired) electrons. The first-order valence-corrected chi connectivity index (χ1v) is 8.13. The van der Waals surface area contributed by atoms with Crippen molar-refractivity contribution in [1.29, 1.82) is 0 Å². The molecule has 3 rings (SSSR count). The van der Waals surface area contributed by atoms with E-state index < -0.39 is 0 Å². The predicted molar refractivity (Wildman–Crippen MR) is 91.6 cm³/mol. The number of rotatable bonds is 3. The average molecular weight is 279 g/mol. The Morgan fingerprint density at radius 1 is 0.857 bits per heavy atom. The molecule has 2 aromatic carbocycles. The van der Waals surface area contributed by atoms with E-state index in [9.17, 15) is 0 Å². The van der Waals surface area contributed by atoms with Gasteiger partial charge in [-0.3, -0.25) is 0 Å². The minimum atomic E-state index is 0.586. The molecule has 1 aliphatic carbocycles. The van der Waals surface area contributed by atoms with Gasteiger partial charge in [0.05, 0.1) is 0 Å². The van der Waals surface area contributed by atoms with Crippen LogP contribution in [0.4, 0.5) is 11.4 Å². The second-order valence-electron chi connectivity index (χ2n) is 6.54. The predicted octanol–water partition coefficient (Wildman–Crippen LogP) is 5.74. The molecule has 2 aromatic rings. The Bertz CT molecular complexity index is 640. The van der Waals surface area contributed by atoms with Gasteiger partial charge in [-0.2, -0.15) is 0 Å². The molecule has 0 atom stereocenters. The fourth-order valence-corrected chi connectivity index (χ4v) is 3.38. The molecule has 0 amide bonds. The molecule has 0 saturated heterocycles. The molecule has 1 aliphatic rings. The zero-order valence-electron chi connectivity index (χ0n) is 13.4. The maximum Gasteiger partial charge on any atom is 0.0387 e. The molecular weight excluding hydrogens is 254 g/mol. The maximum absolute atomic E-state index is 3.56. The van der Waals surface area contributed by atoms with E-state index in [1.54, 1.807) is 0 Å². The molecule has 0 aliphatic heterocycles. The van der Waals surface area contributed by atoms with Crippen LogP contribution in [0.3, 0.4) is 0 Å². The molecule has 0 bridgehead atoms. The van der Waals surface area contributed by atoms with Gasteiger partial charge in [0.25, 0.3) is 0 Å². The van der Waals surface area contributed by atoms with Gasteiger partial charge in [0, 0.05) is 11.4 Å². The Kier molecular flexibility index (Phi) is 4.01. The molecule has 0 fully saturated rings. The van der Waals surface area contributed by atoms with Crippen molar-refractivity contribution in [3.63, 3.8) is 0 Å². The van der Waals surface area contributed by atoms with Crippen LogP contribution in [0.1, 0.15) is 54.9 Å². The topological polar surface area (TPSA) is 12.0 Å². The first-order valence-electron chi connectivity index (χ1n) is 8.13. The van der Waals surface area contributed by atoms with Crippen LogP contribution in [0.2, 0.25) is 0 Å². The molecular formula is C20H25N. The summed E-state index contributed by atoms with van der Waals surface area (Å²) < 4.78 is 0. The van der Waals surface area contributed by atoms with Crippen molar-refractivity contribution >= 4 is 11.4 Å². The summed E-state index contributed by atoms with van der Waals surface area (Å²) in [5, 5.41) is 3.56. The van der Waals surface area contributed by atoms with Crippen LogP contribution >= 0.6 is 0 Å². The largest absolute Gasteiger partial charge is 0.356 e. The lowest BCUT2D eigenvalue weighted by Crippen LogP contribution is -2.03. The van der Waals surface area contributed by atoms with Gasteiger partial charge in [0.1, 0.15) is 0 Å². The quantitative estimate of drug-likeness (QED) is 0.755. The van der Waals surface area contributed by atoms with E-state index >= 15 is 0 Å². The molecule has 1 N–H and O–H groups in total. The third-order valence-electron chi connectivity index (χ3n) is 4.53. The standard InChI is InChI=1S/C20H25N/c1-14(2)20-11-10-18(12-15(20)3)21-19-9-8-16-6-4-5-7-17(16)13-19/h8-14,21H,4-7H2,1-3H3. The van der Waals surface area contributed by atoms with Gasteiger partial charge in [-0.25, -0.2) is 0 Å². The highest BCUT2D eigenvalue weighted by Gasteiger charge is 2.10.